The van der Waals surface area contributed by atoms with Crippen LogP contribution < -0.4 is 14.4 Å². The van der Waals surface area contributed by atoms with Gasteiger partial charge in [-0.15, -0.1) is 0 Å². The number of fused-ring (bicyclic) bond motifs is 1. The molecule has 29 heavy (non-hydrogen) atoms. The van der Waals surface area contributed by atoms with Gasteiger partial charge in [-0.3, -0.25) is 4.90 Å². The third-order valence-corrected chi connectivity index (χ3v) is 5.83. The van der Waals surface area contributed by atoms with Crippen molar-refractivity contribution in [1.82, 2.24) is 9.88 Å². The van der Waals surface area contributed by atoms with Crippen LogP contribution in [0.4, 0.5) is 5.69 Å². The molecule has 1 saturated heterocycles. The number of nitrogens with one attached hydrogen (secondary N) is 1. The number of benzene rings is 2. The van der Waals surface area contributed by atoms with Gasteiger partial charge in [0.1, 0.15) is 11.5 Å². The monoisotopic (exact) mass is 395 g/mol. The summed E-state index contributed by atoms with van der Waals surface area (Å²) in [4.78, 5) is 8.01. The Morgan fingerprint density at radius 1 is 1.07 bits per heavy atom. The van der Waals surface area contributed by atoms with Crippen molar-refractivity contribution in [3.05, 3.63) is 54.2 Å². The molecule has 0 amide bonds. The summed E-state index contributed by atoms with van der Waals surface area (Å²) in [7, 11) is 3.35. The number of piperazine rings is 1. The number of rotatable bonds is 6. The molecule has 0 saturated carbocycles. The Labute approximate surface area is 171 Å². The number of nitrogens with zero attached hydrogens (tertiary/aromatic N) is 2. The van der Waals surface area contributed by atoms with Crippen LogP contribution in [-0.2, 0) is 0 Å². The third-order valence-electron chi connectivity index (χ3n) is 5.83. The number of hydrogen-bond donors (Lipinski definition) is 2. The average molecular weight is 396 g/mol. The van der Waals surface area contributed by atoms with Crippen LogP contribution in [0.1, 0.15) is 18.6 Å². The Kier molecular flexibility index (Phi) is 5.65. The van der Waals surface area contributed by atoms with Gasteiger partial charge in [0.05, 0.1) is 20.3 Å². The highest BCUT2D eigenvalue weighted by Crippen LogP contribution is 2.29. The molecular formula is C23H29N3O3. The van der Waals surface area contributed by atoms with Crippen LogP contribution in [0.25, 0.3) is 10.9 Å². The van der Waals surface area contributed by atoms with E-state index in [2.05, 4.69) is 33.8 Å². The number of aliphatic hydroxyl groups is 1. The molecule has 2 aromatic carbocycles. The van der Waals surface area contributed by atoms with Crippen molar-refractivity contribution in [3.8, 4) is 11.5 Å². The van der Waals surface area contributed by atoms with Crippen molar-refractivity contribution in [2.75, 3.05) is 45.3 Å². The fourth-order valence-corrected chi connectivity index (χ4v) is 4.22. The molecule has 3 aromatic rings. The van der Waals surface area contributed by atoms with E-state index >= 15 is 0 Å². The lowest BCUT2D eigenvalue weighted by Crippen LogP contribution is -2.52. The SMILES string of the molecule is COc1ccc(N2CCN(C[C@@H](O)c3c[nH]c4ccc(OC)cc34)C[C@H]2C)cc1. The number of methoxy groups -OCH3 is 2. The van der Waals surface area contributed by atoms with E-state index in [1.165, 1.54) is 5.69 Å². The lowest BCUT2D eigenvalue weighted by Gasteiger charge is -2.42. The molecule has 154 valence electrons. The average Bonchev–Trinajstić information content (AvgIpc) is 3.17. The van der Waals surface area contributed by atoms with Crippen LogP contribution in [0.5, 0.6) is 11.5 Å². The zero-order valence-corrected chi connectivity index (χ0v) is 17.3. The van der Waals surface area contributed by atoms with Gasteiger partial charge in [-0.2, -0.15) is 0 Å². The van der Waals surface area contributed by atoms with Crippen LogP contribution in [0.15, 0.2) is 48.7 Å². The first-order chi connectivity index (χ1) is 14.1. The predicted molar refractivity (Wildman–Crippen MR) is 116 cm³/mol. The van der Waals surface area contributed by atoms with Crippen LogP contribution in [0.3, 0.4) is 0 Å². The van der Waals surface area contributed by atoms with Gasteiger partial charge in [0.2, 0.25) is 0 Å². The van der Waals surface area contributed by atoms with Crippen molar-refractivity contribution >= 4 is 16.6 Å². The molecule has 6 heteroatoms. The lowest BCUT2D eigenvalue weighted by atomic mass is 10.1. The highest BCUT2D eigenvalue weighted by atomic mass is 16.5. The van der Waals surface area contributed by atoms with E-state index in [4.69, 9.17) is 9.47 Å². The maximum atomic E-state index is 10.9. The van der Waals surface area contributed by atoms with Crippen molar-refractivity contribution in [2.24, 2.45) is 0 Å². The maximum absolute atomic E-state index is 10.9. The smallest absolute Gasteiger partial charge is 0.119 e. The topological polar surface area (TPSA) is 61.0 Å². The number of anilines is 1. The second kappa shape index (κ2) is 8.35. The quantitative estimate of drug-likeness (QED) is 0.670. The van der Waals surface area contributed by atoms with Crippen molar-refractivity contribution in [1.29, 1.82) is 0 Å². The van der Waals surface area contributed by atoms with Gasteiger partial charge >= 0.3 is 0 Å². The Hall–Kier alpha value is -2.70. The summed E-state index contributed by atoms with van der Waals surface area (Å²) < 4.78 is 10.6. The van der Waals surface area contributed by atoms with E-state index in [1.807, 2.05) is 36.5 Å². The van der Waals surface area contributed by atoms with Gasteiger partial charge in [0.15, 0.2) is 0 Å². The lowest BCUT2D eigenvalue weighted by molar-refractivity contribution is 0.103. The van der Waals surface area contributed by atoms with Gasteiger partial charge < -0.3 is 24.5 Å². The molecule has 0 spiro atoms. The van der Waals surface area contributed by atoms with Crippen LogP contribution in [0.2, 0.25) is 0 Å². The molecule has 0 radical (unpaired) electrons. The van der Waals surface area contributed by atoms with E-state index in [9.17, 15) is 5.11 Å². The van der Waals surface area contributed by atoms with E-state index in [-0.39, 0.29) is 0 Å². The molecule has 2 atom stereocenters. The largest absolute Gasteiger partial charge is 0.497 e. The van der Waals surface area contributed by atoms with Gasteiger partial charge in [-0.1, -0.05) is 0 Å². The second-order valence-corrected chi connectivity index (χ2v) is 7.67. The fourth-order valence-electron chi connectivity index (χ4n) is 4.22. The molecule has 0 unspecified atom stereocenters. The molecule has 2 heterocycles. The van der Waals surface area contributed by atoms with Crippen LogP contribution >= 0.6 is 0 Å². The summed E-state index contributed by atoms with van der Waals surface area (Å²) >= 11 is 0. The minimum Gasteiger partial charge on any atom is -0.497 e. The first-order valence-electron chi connectivity index (χ1n) is 10.0. The summed E-state index contributed by atoms with van der Waals surface area (Å²) in [6, 6.07) is 14.5. The van der Waals surface area contributed by atoms with Crippen LogP contribution in [-0.4, -0.2) is 61.4 Å². The molecule has 1 aromatic heterocycles. The molecule has 1 aliphatic rings. The second-order valence-electron chi connectivity index (χ2n) is 7.67. The summed E-state index contributed by atoms with van der Waals surface area (Å²) in [6.45, 7) is 5.61. The third kappa shape index (κ3) is 4.04. The number of aliphatic hydroxyl groups excluding tert-OH is 1. The first kappa shape index (κ1) is 19.6. The van der Waals surface area contributed by atoms with E-state index in [0.717, 1.165) is 47.6 Å². The Morgan fingerprint density at radius 2 is 1.79 bits per heavy atom. The molecule has 6 nitrogen and oxygen atoms in total. The Morgan fingerprint density at radius 3 is 2.48 bits per heavy atom. The highest BCUT2D eigenvalue weighted by molar-refractivity contribution is 5.85. The fraction of sp³-hybridized carbons (Fsp3) is 0.391. The van der Waals surface area contributed by atoms with E-state index in [1.54, 1.807) is 14.2 Å². The predicted octanol–water partition coefficient (Wildman–Crippen LogP) is 3.43. The number of ether oxygens (including phenoxy) is 2. The molecule has 2 N–H and O–H groups in total. The van der Waals surface area contributed by atoms with E-state index < -0.39 is 6.10 Å². The summed E-state index contributed by atoms with van der Waals surface area (Å²) in [5.41, 5.74) is 3.14. The van der Waals surface area contributed by atoms with Gasteiger partial charge in [0.25, 0.3) is 0 Å². The molecule has 0 bridgehead atoms. The van der Waals surface area contributed by atoms with Crippen LogP contribution in [0, 0.1) is 0 Å². The number of hydrogen-bond acceptors (Lipinski definition) is 5. The van der Waals surface area contributed by atoms with E-state index in [0.29, 0.717) is 12.6 Å². The van der Waals surface area contributed by atoms with Gasteiger partial charge in [0, 0.05) is 60.6 Å². The molecule has 1 fully saturated rings. The molecule has 1 aliphatic heterocycles. The zero-order valence-electron chi connectivity index (χ0n) is 17.3. The van der Waals surface area contributed by atoms with Gasteiger partial charge in [-0.25, -0.2) is 0 Å². The highest BCUT2D eigenvalue weighted by Gasteiger charge is 2.26. The minimum atomic E-state index is -0.546. The molecule has 0 aliphatic carbocycles. The van der Waals surface area contributed by atoms with Gasteiger partial charge in [-0.05, 0) is 49.4 Å². The maximum Gasteiger partial charge on any atom is 0.119 e. The summed E-state index contributed by atoms with van der Waals surface area (Å²) in [5, 5.41) is 11.9. The zero-order chi connectivity index (χ0) is 20.4. The molecular weight excluding hydrogens is 366 g/mol. The van der Waals surface area contributed by atoms with Crippen molar-refractivity contribution in [3.63, 3.8) is 0 Å². The number of aromatic amines is 1. The summed E-state index contributed by atoms with van der Waals surface area (Å²) in [5.74, 6) is 1.67. The molecule has 4 rings (SSSR count). The number of β-amino-alcohol motifs (C(OH)–C–C–N with tert-alkyl or cyclic N) is 1. The standard InChI is InChI=1S/C23H29N3O3/c1-16-14-25(10-11-26(16)17-4-6-18(28-2)7-5-17)15-23(27)21-13-24-22-9-8-19(29-3)12-20(21)22/h4-9,12-13,16,23-24,27H,10-11,14-15H2,1-3H3/t16-,23-/m1/s1. The number of aromatic nitrogens is 1. The Balaban J connectivity index is 1.42. The first-order valence-corrected chi connectivity index (χ1v) is 10.0. The van der Waals surface area contributed by atoms with Crippen molar-refractivity contribution in [2.45, 2.75) is 19.1 Å². The number of H-pyrrole nitrogens is 1. The summed E-state index contributed by atoms with van der Waals surface area (Å²) in [6.07, 6.45) is 1.36. The minimum absolute atomic E-state index is 0.368. The normalized spacial score (nSPS) is 18.8. The Bertz CT molecular complexity index is 954. The van der Waals surface area contributed by atoms with Crippen molar-refractivity contribution < 1.29 is 14.6 Å².